The van der Waals surface area contributed by atoms with Crippen molar-refractivity contribution in [3.05, 3.63) is 141 Å². The van der Waals surface area contributed by atoms with Gasteiger partial charge in [-0.15, -0.1) is 0 Å². The Bertz CT molecular complexity index is 1610. The van der Waals surface area contributed by atoms with Crippen LogP contribution < -0.4 is 10.1 Å². The lowest BCUT2D eigenvalue weighted by Gasteiger charge is -2.30. The molecule has 1 aliphatic heterocycles. The Kier molecular flexibility index (Phi) is 10.2. The molecule has 44 heavy (non-hydrogen) atoms. The highest BCUT2D eigenvalue weighted by Gasteiger charge is 2.52. The van der Waals surface area contributed by atoms with Gasteiger partial charge in [-0.25, -0.2) is 13.8 Å². The first-order chi connectivity index (χ1) is 21.4. The predicted octanol–water partition coefficient (Wildman–Crippen LogP) is 7.17. The number of hydrogen-bond acceptors (Lipinski definition) is 5. The molecule has 0 aliphatic carbocycles. The maximum atomic E-state index is 14.2. The van der Waals surface area contributed by atoms with Gasteiger partial charge in [0.05, 0.1) is 6.61 Å². The third kappa shape index (κ3) is 7.59. The zero-order valence-corrected chi connectivity index (χ0v) is 25.3. The molecule has 1 aliphatic rings. The second-order valence-corrected chi connectivity index (χ2v) is 11.2. The van der Waals surface area contributed by atoms with E-state index in [9.17, 15) is 13.6 Å². The lowest BCUT2D eigenvalue weighted by atomic mass is 9.84. The molecule has 9 heteroatoms. The molecule has 4 aromatic rings. The number of aliphatic hydroxyl groups excluding tert-OH is 1. The Labute approximate surface area is 263 Å². The van der Waals surface area contributed by atoms with Gasteiger partial charge in [0.25, 0.3) is 5.91 Å². The van der Waals surface area contributed by atoms with Crippen molar-refractivity contribution in [2.45, 2.75) is 31.0 Å². The number of carbonyl (C=O) groups is 1. The van der Waals surface area contributed by atoms with Crippen molar-refractivity contribution in [1.29, 1.82) is 0 Å². The summed E-state index contributed by atoms with van der Waals surface area (Å²) in [7, 11) is 0. The minimum absolute atomic E-state index is 0.0389. The number of rotatable bonds is 12. The Hall–Kier alpha value is -4.34. The number of carbonyl (C=O) groups excluding carboxylic acids is 1. The van der Waals surface area contributed by atoms with Crippen LogP contribution >= 0.6 is 15.9 Å². The summed E-state index contributed by atoms with van der Waals surface area (Å²) in [6.45, 7) is 0.317. The number of nitrogens with one attached hydrogen (secondary N) is 1. The molecule has 5 rings (SSSR count). The number of halogens is 3. The smallest absolute Gasteiger partial charge is 0.252 e. The molecule has 0 fully saturated rings. The Morgan fingerprint density at radius 2 is 1.70 bits per heavy atom. The van der Waals surface area contributed by atoms with E-state index in [1.54, 1.807) is 24.3 Å². The average molecular weight is 662 g/mol. The number of amides is 1. The quantitative estimate of drug-likeness (QED) is 0.158. The van der Waals surface area contributed by atoms with Crippen LogP contribution in [0, 0.1) is 11.6 Å². The minimum Gasteiger partial charge on any atom is -0.494 e. The molecule has 6 nitrogen and oxygen atoms in total. The van der Waals surface area contributed by atoms with Crippen LogP contribution in [0.4, 0.5) is 8.78 Å². The van der Waals surface area contributed by atoms with Gasteiger partial charge < -0.3 is 19.9 Å². The fourth-order valence-corrected chi connectivity index (χ4v) is 5.20. The van der Waals surface area contributed by atoms with Crippen molar-refractivity contribution in [3.8, 4) is 5.75 Å². The van der Waals surface area contributed by atoms with E-state index in [1.165, 1.54) is 12.1 Å². The molecule has 0 spiro atoms. The van der Waals surface area contributed by atoms with Crippen LogP contribution in [0.25, 0.3) is 6.08 Å². The van der Waals surface area contributed by atoms with E-state index in [0.29, 0.717) is 24.3 Å². The van der Waals surface area contributed by atoms with E-state index in [1.807, 2.05) is 66.7 Å². The number of hydrogen-bond donors (Lipinski definition) is 2. The topological polar surface area (TPSA) is 80.2 Å². The molecular formula is C35H31BrF2N2O4. The molecule has 0 unspecified atom stereocenters. The van der Waals surface area contributed by atoms with E-state index in [0.717, 1.165) is 21.7 Å². The zero-order chi connectivity index (χ0) is 30.9. The highest BCUT2D eigenvalue weighted by Crippen LogP contribution is 2.43. The van der Waals surface area contributed by atoms with Crippen LogP contribution in [0.15, 0.2) is 113 Å². The van der Waals surface area contributed by atoms with Gasteiger partial charge in [-0.3, -0.25) is 4.79 Å². The van der Waals surface area contributed by atoms with Gasteiger partial charge in [-0.2, -0.15) is 0 Å². The van der Waals surface area contributed by atoms with E-state index < -0.39 is 29.2 Å². The maximum absolute atomic E-state index is 14.2. The number of ether oxygens (including phenoxy) is 2. The molecule has 226 valence electrons. The summed E-state index contributed by atoms with van der Waals surface area (Å²) in [5, 5.41) is 11.9. The van der Waals surface area contributed by atoms with Gasteiger partial charge >= 0.3 is 0 Å². The van der Waals surface area contributed by atoms with Crippen molar-refractivity contribution >= 4 is 33.8 Å². The van der Waals surface area contributed by atoms with Crippen LogP contribution in [0.1, 0.15) is 41.2 Å². The fourth-order valence-electron chi connectivity index (χ4n) is 4.94. The lowest BCUT2D eigenvalue weighted by Crippen LogP contribution is -2.47. The Morgan fingerprint density at radius 3 is 2.39 bits per heavy atom. The molecule has 1 amide bonds. The lowest BCUT2D eigenvalue weighted by molar-refractivity contribution is -0.129. The zero-order valence-electron chi connectivity index (χ0n) is 23.8. The van der Waals surface area contributed by atoms with Gasteiger partial charge in [0.1, 0.15) is 17.4 Å². The van der Waals surface area contributed by atoms with E-state index in [-0.39, 0.29) is 31.0 Å². The first-order valence-electron chi connectivity index (χ1n) is 14.2. The maximum Gasteiger partial charge on any atom is 0.252 e. The Balaban J connectivity index is 1.52. The fraction of sp³-hybridized carbons (Fsp3) is 0.200. The van der Waals surface area contributed by atoms with Gasteiger partial charge in [-0.1, -0.05) is 70.5 Å². The summed E-state index contributed by atoms with van der Waals surface area (Å²) in [6.07, 6.45) is 3.69. The molecule has 0 radical (unpaired) electrons. The van der Waals surface area contributed by atoms with Crippen LogP contribution in [0.2, 0.25) is 0 Å². The Morgan fingerprint density at radius 1 is 1.00 bits per heavy atom. The van der Waals surface area contributed by atoms with Crippen LogP contribution in [0.5, 0.6) is 5.75 Å². The molecule has 2 N–H and O–H groups in total. The number of aliphatic hydroxyl groups is 1. The van der Waals surface area contributed by atoms with Crippen molar-refractivity contribution < 1.29 is 28.2 Å². The third-order valence-corrected chi connectivity index (χ3v) is 7.65. The molecular weight excluding hydrogens is 630 g/mol. The molecule has 2 atom stereocenters. The summed E-state index contributed by atoms with van der Waals surface area (Å²) in [5.41, 5.74) is 1.17. The summed E-state index contributed by atoms with van der Waals surface area (Å²) < 4.78 is 40.8. The molecule has 4 aromatic carbocycles. The van der Waals surface area contributed by atoms with Crippen molar-refractivity contribution in [2.24, 2.45) is 4.99 Å². The highest BCUT2D eigenvalue weighted by molar-refractivity contribution is 9.10. The SMILES string of the molecule is O=C(NCc1cc(F)cc(F)c1)[C@]1(C/C=C/c2ccccc2)N=C(c2ccc(OCCCO)cc2)O[C@@H]1c1ccc(Br)cc1. The first-order valence-corrected chi connectivity index (χ1v) is 15.0. The van der Waals surface area contributed by atoms with Crippen LogP contribution in [0.3, 0.4) is 0 Å². The third-order valence-electron chi connectivity index (χ3n) is 7.12. The number of nitrogens with zero attached hydrogens (tertiary/aromatic N) is 1. The summed E-state index contributed by atoms with van der Waals surface area (Å²) in [6, 6.07) is 27.5. The molecule has 0 saturated heterocycles. The van der Waals surface area contributed by atoms with E-state index >= 15 is 0 Å². The second kappa shape index (κ2) is 14.4. The number of aliphatic imine (C=N–C) groups is 1. The van der Waals surface area contributed by atoms with Crippen molar-refractivity contribution in [3.63, 3.8) is 0 Å². The summed E-state index contributed by atoms with van der Waals surface area (Å²) >= 11 is 3.47. The first kappa shape index (κ1) is 31.1. The molecule has 1 heterocycles. The molecule has 0 bridgehead atoms. The normalized spacial score (nSPS) is 17.7. The monoisotopic (exact) mass is 660 g/mol. The summed E-state index contributed by atoms with van der Waals surface area (Å²) in [5.74, 6) is -0.999. The molecule has 0 aromatic heterocycles. The highest BCUT2D eigenvalue weighted by atomic mass is 79.9. The largest absolute Gasteiger partial charge is 0.494 e. The van der Waals surface area contributed by atoms with E-state index in [4.69, 9.17) is 19.6 Å². The second-order valence-electron chi connectivity index (χ2n) is 10.3. The van der Waals surface area contributed by atoms with Crippen molar-refractivity contribution in [1.82, 2.24) is 5.32 Å². The van der Waals surface area contributed by atoms with Gasteiger partial charge in [0.2, 0.25) is 5.90 Å². The van der Waals surface area contributed by atoms with Crippen molar-refractivity contribution in [2.75, 3.05) is 13.2 Å². The van der Waals surface area contributed by atoms with Gasteiger partial charge in [0, 0.05) is 42.1 Å². The van der Waals surface area contributed by atoms with Crippen LogP contribution in [-0.4, -0.2) is 35.7 Å². The molecule has 0 saturated carbocycles. The minimum atomic E-state index is -1.45. The average Bonchev–Trinajstić information content (AvgIpc) is 3.41. The standard InChI is InChI=1S/C35H31BrF2N2O4/c36-28-13-9-26(10-14-28)32-35(17-4-8-24-6-2-1-3-7-24,34(42)39-23-25-20-29(37)22-30(38)21-25)40-33(44-32)27-11-15-31(16-12-27)43-19-5-18-41/h1-4,6-16,20-22,32,41H,5,17-19,23H2,(H,39,42)/b8-4+/t32-,35-/m1/s1. The number of benzene rings is 4. The van der Waals surface area contributed by atoms with Crippen LogP contribution in [-0.2, 0) is 16.1 Å². The predicted molar refractivity (Wildman–Crippen MR) is 169 cm³/mol. The summed E-state index contributed by atoms with van der Waals surface area (Å²) in [4.78, 5) is 19.2. The van der Waals surface area contributed by atoms with E-state index in [2.05, 4.69) is 21.2 Å². The van der Waals surface area contributed by atoms with Gasteiger partial charge in [0.15, 0.2) is 11.6 Å². The van der Waals surface area contributed by atoms with Gasteiger partial charge in [-0.05, 0) is 65.2 Å².